The van der Waals surface area contributed by atoms with Crippen molar-refractivity contribution < 1.29 is 4.99 Å². The molecule has 0 saturated heterocycles. The van der Waals surface area contributed by atoms with Crippen molar-refractivity contribution >= 4 is 60.8 Å². The average Bonchev–Trinajstić information content (AvgIpc) is 3.54. The van der Waals surface area contributed by atoms with Crippen LogP contribution in [0.4, 0.5) is 0 Å². The first-order valence-electron chi connectivity index (χ1n) is 16.4. The van der Waals surface area contributed by atoms with E-state index in [4.69, 9.17) is 4.99 Å². The standard InChI is InChI=1S/C42H31N5/c1-4-14-28-25(11-1)21-35(33-19-9-7-17-31(28)33)37-23-38(36-22-26-12-2-5-15-29(26)32-18-8-10-20-34(32)36)45-41(44-37)42-46-40(47-42)39-30-16-6-3-13-27(30)24-43-39/h1-24,37,39-41,44-45H,(H,46,47)/p+1. The molecule has 0 fully saturated rings. The molecule has 0 spiro atoms. The summed E-state index contributed by atoms with van der Waals surface area (Å²) in [5.74, 6) is 1.03. The number of nitrogens with one attached hydrogen (secondary N) is 4. The molecule has 7 aromatic rings. The van der Waals surface area contributed by atoms with Gasteiger partial charge in [0.1, 0.15) is 0 Å². The lowest BCUT2D eigenvalue weighted by Gasteiger charge is -2.36. The Morgan fingerprint density at radius 3 is 1.91 bits per heavy atom. The molecule has 7 aromatic carbocycles. The first kappa shape index (κ1) is 26.4. The van der Waals surface area contributed by atoms with Gasteiger partial charge in [0.2, 0.25) is 0 Å². The van der Waals surface area contributed by atoms with E-state index in [9.17, 15) is 0 Å². The third-order valence-electron chi connectivity index (χ3n) is 10.1. The van der Waals surface area contributed by atoms with E-state index in [1.165, 1.54) is 65.3 Å². The van der Waals surface area contributed by atoms with Crippen LogP contribution in [-0.4, -0.2) is 24.4 Å². The number of aliphatic imine (C=N–C) groups is 1. The van der Waals surface area contributed by atoms with Gasteiger partial charge in [-0.05, 0) is 78.0 Å². The number of fused-ring (bicyclic) bond motifs is 7. The van der Waals surface area contributed by atoms with E-state index in [-0.39, 0.29) is 24.4 Å². The molecule has 4 unspecified atom stereocenters. The highest BCUT2D eigenvalue weighted by molar-refractivity contribution is 6.12. The molecule has 5 heteroatoms. The lowest BCUT2D eigenvalue weighted by molar-refractivity contribution is -0.550. The zero-order valence-electron chi connectivity index (χ0n) is 25.6. The SMILES string of the molecule is C1=NC(C2NC(C3NC(c4cc5ccccc5c5ccccc45)=CC(c4cc5ccccc5c5ccccc45)N3)=[NH+]2)c2ccccc21. The molecule has 10 rings (SSSR count). The normalized spacial score (nSPS) is 21.6. The van der Waals surface area contributed by atoms with Crippen molar-refractivity contribution in [3.8, 4) is 0 Å². The molecular weight excluding hydrogens is 574 g/mol. The van der Waals surface area contributed by atoms with Crippen LogP contribution in [0.3, 0.4) is 0 Å². The highest BCUT2D eigenvalue weighted by Crippen LogP contribution is 2.38. The smallest absolute Gasteiger partial charge is 0.287 e. The molecule has 0 aliphatic carbocycles. The molecule has 0 radical (unpaired) electrons. The van der Waals surface area contributed by atoms with Crippen LogP contribution in [0.2, 0.25) is 0 Å². The number of benzene rings is 7. The fraction of sp³-hybridized carbons (Fsp3) is 0.0952. The largest absolute Gasteiger partial charge is 0.359 e. The molecule has 4 N–H and O–H groups in total. The Labute approximate surface area is 272 Å². The molecule has 47 heavy (non-hydrogen) atoms. The van der Waals surface area contributed by atoms with Crippen LogP contribution in [-0.2, 0) is 0 Å². The Morgan fingerprint density at radius 2 is 1.15 bits per heavy atom. The summed E-state index contributed by atoms with van der Waals surface area (Å²) < 4.78 is 0. The maximum Gasteiger partial charge on any atom is 0.287 e. The van der Waals surface area contributed by atoms with Crippen molar-refractivity contribution in [2.45, 2.75) is 24.4 Å². The topological polar surface area (TPSA) is 62.4 Å². The maximum atomic E-state index is 4.84. The third-order valence-corrected chi connectivity index (χ3v) is 10.1. The summed E-state index contributed by atoms with van der Waals surface area (Å²) in [5.41, 5.74) is 6.03. The minimum Gasteiger partial charge on any atom is -0.359 e. The molecule has 3 heterocycles. The second-order valence-electron chi connectivity index (χ2n) is 12.8. The summed E-state index contributed by atoms with van der Waals surface area (Å²) >= 11 is 0. The predicted octanol–water partition coefficient (Wildman–Crippen LogP) is 6.48. The number of nitrogens with zero attached hydrogens (tertiary/aromatic N) is 1. The summed E-state index contributed by atoms with van der Waals surface area (Å²) in [6.45, 7) is 0. The second-order valence-corrected chi connectivity index (χ2v) is 12.8. The van der Waals surface area contributed by atoms with Crippen molar-refractivity contribution in [2.24, 2.45) is 4.99 Å². The molecular formula is C42H32N5+. The Bertz CT molecular complexity index is 2490. The predicted molar refractivity (Wildman–Crippen MR) is 193 cm³/mol. The fourth-order valence-corrected chi connectivity index (χ4v) is 7.82. The summed E-state index contributed by atoms with van der Waals surface area (Å²) in [4.78, 5) is 8.59. The quantitative estimate of drug-likeness (QED) is 0.174. The molecule has 3 aliphatic heterocycles. The van der Waals surface area contributed by atoms with Crippen LogP contribution in [0.5, 0.6) is 0 Å². The van der Waals surface area contributed by atoms with Crippen LogP contribution in [0.15, 0.2) is 145 Å². The van der Waals surface area contributed by atoms with Crippen molar-refractivity contribution in [3.63, 3.8) is 0 Å². The molecule has 3 aliphatic rings. The van der Waals surface area contributed by atoms with Crippen molar-refractivity contribution in [1.82, 2.24) is 16.0 Å². The number of hydrogen-bond donors (Lipinski definition) is 4. The molecule has 0 saturated carbocycles. The zero-order valence-corrected chi connectivity index (χ0v) is 25.6. The molecule has 0 amide bonds. The monoisotopic (exact) mass is 606 g/mol. The first-order chi connectivity index (χ1) is 23.3. The van der Waals surface area contributed by atoms with Crippen LogP contribution in [0.1, 0.15) is 34.3 Å². The summed E-state index contributed by atoms with van der Waals surface area (Å²) in [5, 5.41) is 21.7. The summed E-state index contributed by atoms with van der Waals surface area (Å²) in [6, 6.07) is 48.1. The second kappa shape index (κ2) is 10.4. The van der Waals surface area contributed by atoms with Gasteiger partial charge in [-0.25, -0.2) is 10.3 Å². The minimum absolute atomic E-state index is 0.0318. The van der Waals surface area contributed by atoms with E-state index < -0.39 is 0 Å². The van der Waals surface area contributed by atoms with Crippen LogP contribution >= 0.6 is 0 Å². The molecule has 0 bridgehead atoms. The Balaban J connectivity index is 1.12. The number of hydrogen-bond acceptors (Lipinski definition) is 4. The van der Waals surface area contributed by atoms with Crippen molar-refractivity contribution in [1.29, 1.82) is 0 Å². The van der Waals surface area contributed by atoms with Gasteiger partial charge in [0.05, 0.1) is 6.04 Å². The van der Waals surface area contributed by atoms with Gasteiger partial charge < -0.3 is 5.32 Å². The summed E-state index contributed by atoms with van der Waals surface area (Å²) in [6.07, 6.45) is 4.24. The van der Waals surface area contributed by atoms with Crippen molar-refractivity contribution in [3.05, 3.63) is 162 Å². The molecule has 224 valence electrons. The third kappa shape index (κ3) is 4.20. The van der Waals surface area contributed by atoms with Gasteiger partial charge in [0, 0.05) is 17.5 Å². The van der Waals surface area contributed by atoms with Gasteiger partial charge in [-0.15, -0.1) is 0 Å². The van der Waals surface area contributed by atoms with E-state index in [1.807, 2.05) is 6.21 Å². The highest BCUT2D eigenvalue weighted by atomic mass is 15.3. The summed E-state index contributed by atoms with van der Waals surface area (Å²) in [7, 11) is 0. The fourth-order valence-electron chi connectivity index (χ4n) is 7.82. The van der Waals surface area contributed by atoms with Crippen LogP contribution < -0.4 is 20.9 Å². The Kier molecular flexibility index (Phi) is 5.84. The van der Waals surface area contributed by atoms with Crippen molar-refractivity contribution in [2.75, 3.05) is 0 Å². The molecule has 5 nitrogen and oxygen atoms in total. The van der Waals surface area contributed by atoms with E-state index in [2.05, 4.69) is 160 Å². The first-order valence-corrected chi connectivity index (χ1v) is 16.4. The van der Waals surface area contributed by atoms with E-state index in [1.54, 1.807) is 0 Å². The minimum atomic E-state index is -0.160. The lowest BCUT2D eigenvalue weighted by atomic mass is 9.90. The number of rotatable bonds is 4. The van der Waals surface area contributed by atoms with Gasteiger partial charge in [-0.3, -0.25) is 10.3 Å². The van der Waals surface area contributed by atoms with Gasteiger partial charge in [0.25, 0.3) is 12.0 Å². The van der Waals surface area contributed by atoms with Gasteiger partial charge in [-0.2, -0.15) is 0 Å². The van der Waals surface area contributed by atoms with E-state index >= 15 is 0 Å². The lowest BCUT2D eigenvalue weighted by Crippen LogP contribution is -3.00. The van der Waals surface area contributed by atoms with Gasteiger partial charge >= 0.3 is 0 Å². The molecule has 4 atom stereocenters. The van der Waals surface area contributed by atoms with Gasteiger partial charge in [-0.1, -0.05) is 121 Å². The van der Waals surface area contributed by atoms with Gasteiger partial charge in [0.15, 0.2) is 12.2 Å². The zero-order chi connectivity index (χ0) is 30.9. The van der Waals surface area contributed by atoms with E-state index in [0.29, 0.717) is 0 Å². The Morgan fingerprint density at radius 1 is 0.553 bits per heavy atom. The highest BCUT2D eigenvalue weighted by Gasteiger charge is 2.44. The van der Waals surface area contributed by atoms with Crippen LogP contribution in [0.25, 0.3) is 48.8 Å². The maximum absolute atomic E-state index is 4.84. The van der Waals surface area contributed by atoms with E-state index in [0.717, 1.165) is 11.5 Å². The number of amidine groups is 1. The molecule has 0 aromatic heterocycles. The average molecular weight is 607 g/mol. The van der Waals surface area contributed by atoms with Crippen LogP contribution in [0, 0.1) is 0 Å². The Hall–Kier alpha value is -5.78.